The van der Waals surface area contributed by atoms with Gasteiger partial charge < -0.3 is 0 Å². The molecular formula is C46H36N2. The number of hydrogen-bond acceptors (Lipinski definition) is 2. The molecule has 0 aliphatic heterocycles. The molecule has 2 heterocycles. The molecule has 0 unspecified atom stereocenters. The van der Waals surface area contributed by atoms with Crippen molar-refractivity contribution in [3.8, 4) is 55.9 Å². The summed E-state index contributed by atoms with van der Waals surface area (Å²) in [6, 6.07) is 52.0. The molecule has 0 spiro atoms. The van der Waals surface area contributed by atoms with Crippen molar-refractivity contribution in [2.75, 3.05) is 0 Å². The number of fused-ring (bicyclic) bond motifs is 3. The zero-order valence-corrected chi connectivity index (χ0v) is 27.8. The Kier molecular flexibility index (Phi) is 7.42. The summed E-state index contributed by atoms with van der Waals surface area (Å²) in [6.45, 7) is 8.78. The molecule has 8 rings (SSSR count). The molecule has 0 radical (unpaired) electrons. The van der Waals surface area contributed by atoms with E-state index in [0.29, 0.717) is 0 Å². The summed E-state index contributed by atoms with van der Waals surface area (Å²) in [5, 5.41) is 2.31. The lowest BCUT2D eigenvalue weighted by Gasteiger charge is -2.17. The molecule has 0 saturated carbocycles. The zero-order chi connectivity index (χ0) is 32.8. The first-order chi connectivity index (χ1) is 23.5. The van der Waals surface area contributed by atoms with Gasteiger partial charge in [-0.15, -0.1) is 0 Å². The summed E-state index contributed by atoms with van der Waals surface area (Å²) in [7, 11) is 0. The Bertz CT molecular complexity index is 2390. The lowest BCUT2D eigenvalue weighted by molar-refractivity contribution is 1.25. The minimum atomic E-state index is 0.957. The van der Waals surface area contributed by atoms with Crippen LogP contribution in [0.1, 0.15) is 22.3 Å². The van der Waals surface area contributed by atoms with E-state index >= 15 is 0 Å². The lowest BCUT2D eigenvalue weighted by atomic mass is 9.92. The van der Waals surface area contributed by atoms with Crippen LogP contribution in [-0.2, 0) is 0 Å². The van der Waals surface area contributed by atoms with Gasteiger partial charge in [0.1, 0.15) is 0 Å². The topological polar surface area (TPSA) is 25.8 Å². The van der Waals surface area contributed by atoms with Crippen molar-refractivity contribution in [1.29, 1.82) is 0 Å². The number of benzene rings is 6. The van der Waals surface area contributed by atoms with Crippen molar-refractivity contribution >= 4 is 21.8 Å². The third-order valence-electron chi connectivity index (χ3n) is 9.93. The fourth-order valence-corrected chi connectivity index (χ4v) is 6.93. The molecule has 48 heavy (non-hydrogen) atoms. The number of rotatable bonds is 5. The van der Waals surface area contributed by atoms with E-state index in [1.54, 1.807) is 0 Å². The van der Waals surface area contributed by atoms with Gasteiger partial charge in [-0.2, -0.15) is 0 Å². The Morgan fingerprint density at radius 1 is 0.292 bits per heavy atom. The van der Waals surface area contributed by atoms with Crippen molar-refractivity contribution in [2.24, 2.45) is 0 Å². The highest BCUT2D eigenvalue weighted by Crippen LogP contribution is 2.38. The normalized spacial score (nSPS) is 11.3. The van der Waals surface area contributed by atoms with Crippen LogP contribution in [0, 0.1) is 27.7 Å². The molecular weight excluding hydrogens is 581 g/mol. The van der Waals surface area contributed by atoms with E-state index in [4.69, 9.17) is 9.97 Å². The molecule has 0 aliphatic carbocycles. The molecule has 2 aromatic heterocycles. The second kappa shape index (κ2) is 12.1. The van der Waals surface area contributed by atoms with E-state index in [0.717, 1.165) is 44.3 Å². The highest BCUT2D eigenvalue weighted by Gasteiger charge is 2.18. The summed E-state index contributed by atoms with van der Waals surface area (Å²) in [4.78, 5) is 10.7. The molecule has 0 saturated heterocycles. The standard InChI is InChI=1S/C46H36N2/c1-29-31(3)43(36-18-12-7-13-19-36)47-45-41(29)24-25-42-30(2)32(4)44(48-46(42)45)37-22-20-35(21-23-37)40-27-38(33-14-8-5-9-15-33)26-39(28-40)34-16-10-6-11-17-34/h5-28H,1-4H3. The molecule has 8 aromatic rings. The molecule has 0 N–H and O–H groups in total. The van der Waals surface area contributed by atoms with Gasteiger partial charge in [0.15, 0.2) is 0 Å². The number of nitrogens with zero attached hydrogens (tertiary/aromatic N) is 2. The van der Waals surface area contributed by atoms with Gasteiger partial charge in [-0.25, -0.2) is 9.97 Å². The monoisotopic (exact) mass is 616 g/mol. The van der Waals surface area contributed by atoms with Gasteiger partial charge in [0.2, 0.25) is 0 Å². The van der Waals surface area contributed by atoms with Crippen molar-refractivity contribution in [1.82, 2.24) is 9.97 Å². The number of pyridine rings is 2. The SMILES string of the molecule is Cc1c(-c2ccccc2)nc2c(ccc3c(C)c(C)c(-c4ccc(-c5cc(-c6ccccc6)cc(-c6ccccc6)c5)cc4)nc32)c1C. The van der Waals surface area contributed by atoms with Gasteiger partial charge in [-0.1, -0.05) is 127 Å². The van der Waals surface area contributed by atoms with E-state index in [9.17, 15) is 0 Å². The first-order valence-corrected chi connectivity index (χ1v) is 16.6. The van der Waals surface area contributed by atoms with E-state index in [-0.39, 0.29) is 0 Å². The molecule has 2 heteroatoms. The maximum atomic E-state index is 5.39. The molecule has 0 amide bonds. The summed E-state index contributed by atoms with van der Waals surface area (Å²) >= 11 is 0. The van der Waals surface area contributed by atoms with Crippen LogP contribution in [0.5, 0.6) is 0 Å². The van der Waals surface area contributed by atoms with Gasteiger partial charge in [0, 0.05) is 21.9 Å². The van der Waals surface area contributed by atoms with E-state index in [1.165, 1.54) is 55.6 Å². The average Bonchev–Trinajstić information content (AvgIpc) is 3.15. The molecule has 230 valence electrons. The summed E-state index contributed by atoms with van der Waals surface area (Å²) in [5.41, 5.74) is 18.3. The zero-order valence-electron chi connectivity index (χ0n) is 27.8. The number of hydrogen-bond donors (Lipinski definition) is 0. The Balaban J connectivity index is 1.26. The van der Waals surface area contributed by atoms with Gasteiger partial charge in [0.05, 0.1) is 22.4 Å². The third-order valence-corrected chi connectivity index (χ3v) is 9.93. The van der Waals surface area contributed by atoms with Crippen LogP contribution in [0.3, 0.4) is 0 Å². The quantitative estimate of drug-likeness (QED) is 0.180. The van der Waals surface area contributed by atoms with Crippen LogP contribution in [-0.4, -0.2) is 9.97 Å². The van der Waals surface area contributed by atoms with Crippen molar-refractivity contribution in [3.63, 3.8) is 0 Å². The highest BCUT2D eigenvalue weighted by molar-refractivity contribution is 6.07. The Hall–Kier alpha value is -5.86. The predicted molar refractivity (Wildman–Crippen MR) is 203 cm³/mol. The molecule has 0 fully saturated rings. The van der Waals surface area contributed by atoms with Crippen LogP contribution >= 0.6 is 0 Å². The van der Waals surface area contributed by atoms with Crippen LogP contribution < -0.4 is 0 Å². The Labute approximate surface area is 282 Å². The van der Waals surface area contributed by atoms with E-state index < -0.39 is 0 Å². The third kappa shape index (κ3) is 5.16. The van der Waals surface area contributed by atoms with Gasteiger partial charge >= 0.3 is 0 Å². The summed E-state index contributed by atoms with van der Waals surface area (Å²) < 4.78 is 0. The van der Waals surface area contributed by atoms with Crippen LogP contribution in [0.2, 0.25) is 0 Å². The predicted octanol–water partition coefficient (Wildman–Crippen LogP) is 12.4. The molecule has 0 atom stereocenters. The average molecular weight is 617 g/mol. The van der Waals surface area contributed by atoms with Crippen molar-refractivity contribution < 1.29 is 0 Å². The van der Waals surface area contributed by atoms with Crippen LogP contribution in [0.25, 0.3) is 77.7 Å². The summed E-state index contributed by atoms with van der Waals surface area (Å²) in [5.74, 6) is 0. The van der Waals surface area contributed by atoms with Crippen molar-refractivity contribution in [2.45, 2.75) is 27.7 Å². The second-order valence-electron chi connectivity index (χ2n) is 12.8. The minimum absolute atomic E-state index is 0.957. The van der Waals surface area contributed by atoms with Gasteiger partial charge in [-0.3, -0.25) is 0 Å². The van der Waals surface area contributed by atoms with Crippen LogP contribution in [0.15, 0.2) is 146 Å². The Morgan fingerprint density at radius 3 is 1.00 bits per heavy atom. The minimum Gasteiger partial charge on any atom is -0.245 e. The first-order valence-electron chi connectivity index (χ1n) is 16.6. The first kappa shape index (κ1) is 29.5. The number of aromatic nitrogens is 2. The largest absolute Gasteiger partial charge is 0.245 e. The molecule has 6 aromatic carbocycles. The smallest absolute Gasteiger partial charge is 0.0975 e. The second-order valence-corrected chi connectivity index (χ2v) is 12.8. The molecule has 0 bridgehead atoms. The van der Waals surface area contributed by atoms with E-state index in [2.05, 4.69) is 173 Å². The molecule has 2 nitrogen and oxygen atoms in total. The fourth-order valence-electron chi connectivity index (χ4n) is 6.93. The number of aryl methyl sites for hydroxylation is 2. The lowest BCUT2D eigenvalue weighted by Crippen LogP contribution is -1.99. The van der Waals surface area contributed by atoms with E-state index in [1.807, 2.05) is 0 Å². The molecule has 0 aliphatic rings. The maximum Gasteiger partial charge on any atom is 0.0975 e. The summed E-state index contributed by atoms with van der Waals surface area (Å²) in [6.07, 6.45) is 0. The maximum absolute atomic E-state index is 5.39. The van der Waals surface area contributed by atoms with Crippen LogP contribution in [0.4, 0.5) is 0 Å². The highest BCUT2D eigenvalue weighted by atomic mass is 14.8. The van der Waals surface area contributed by atoms with Crippen molar-refractivity contribution in [3.05, 3.63) is 168 Å². The van der Waals surface area contributed by atoms with Gasteiger partial charge in [-0.05, 0) is 102 Å². The van der Waals surface area contributed by atoms with Gasteiger partial charge in [0.25, 0.3) is 0 Å². The Morgan fingerprint density at radius 2 is 0.604 bits per heavy atom. The fraction of sp³-hybridized carbons (Fsp3) is 0.0870.